The van der Waals surface area contributed by atoms with E-state index >= 15 is 0 Å². The van der Waals surface area contributed by atoms with Gasteiger partial charge in [-0.05, 0) is 30.1 Å². The van der Waals surface area contributed by atoms with Gasteiger partial charge in [0.1, 0.15) is 0 Å². The molecule has 1 aromatic heterocycles. The summed E-state index contributed by atoms with van der Waals surface area (Å²) in [6.07, 6.45) is 0.376. The molecule has 1 saturated heterocycles. The van der Waals surface area contributed by atoms with Crippen molar-refractivity contribution < 1.29 is 9.53 Å². The molecule has 2 aromatic rings. The lowest BCUT2D eigenvalue weighted by atomic mass is 10.2. The van der Waals surface area contributed by atoms with Gasteiger partial charge in [0.2, 0.25) is 5.91 Å². The molecule has 1 amide bonds. The number of rotatable bonds is 10. The Balaban J connectivity index is 1.57. The third-order valence-electron chi connectivity index (χ3n) is 5.00. The van der Waals surface area contributed by atoms with Crippen molar-refractivity contribution in [2.24, 2.45) is 0 Å². The smallest absolute Gasteiger partial charge is 0.224 e. The van der Waals surface area contributed by atoms with Crippen molar-refractivity contribution in [2.75, 3.05) is 53.5 Å². The van der Waals surface area contributed by atoms with E-state index in [0.717, 1.165) is 44.2 Å². The highest BCUT2D eigenvalue weighted by Crippen LogP contribution is 2.09. The normalized spacial score (nSPS) is 15.0. The first-order valence-electron chi connectivity index (χ1n) is 10.1. The summed E-state index contributed by atoms with van der Waals surface area (Å²) >= 11 is 0. The van der Waals surface area contributed by atoms with E-state index in [1.807, 2.05) is 37.2 Å². The van der Waals surface area contributed by atoms with Gasteiger partial charge in [-0.2, -0.15) is 0 Å². The van der Waals surface area contributed by atoms with Gasteiger partial charge in [-0.3, -0.25) is 9.69 Å². The molecule has 1 aliphatic rings. The molecule has 0 saturated carbocycles. The predicted molar refractivity (Wildman–Crippen MR) is 109 cm³/mol. The molecule has 29 heavy (non-hydrogen) atoms. The SMILES string of the molecule is CN(C)CCN(Cc1ccccc1)C(=O)CCn1nnnc1CN1CCOCC1. The van der Waals surface area contributed by atoms with E-state index in [0.29, 0.717) is 32.6 Å². The van der Waals surface area contributed by atoms with E-state index in [4.69, 9.17) is 4.74 Å². The second-order valence-corrected chi connectivity index (χ2v) is 7.56. The summed E-state index contributed by atoms with van der Waals surface area (Å²) in [5.41, 5.74) is 1.13. The van der Waals surface area contributed by atoms with Gasteiger partial charge in [-0.25, -0.2) is 4.68 Å². The zero-order valence-electron chi connectivity index (χ0n) is 17.4. The van der Waals surface area contributed by atoms with Crippen LogP contribution in [-0.4, -0.2) is 94.3 Å². The average molecular weight is 402 g/mol. The maximum atomic E-state index is 13.0. The minimum atomic E-state index is 0.114. The van der Waals surface area contributed by atoms with Crippen LogP contribution in [0.25, 0.3) is 0 Å². The fraction of sp³-hybridized carbons (Fsp3) is 0.600. The molecule has 1 aromatic carbocycles. The van der Waals surface area contributed by atoms with E-state index in [1.165, 1.54) is 0 Å². The Morgan fingerprint density at radius 2 is 1.90 bits per heavy atom. The quantitative estimate of drug-likeness (QED) is 0.573. The molecule has 0 atom stereocenters. The van der Waals surface area contributed by atoms with Crippen molar-refractivity contribution in [1.82, 2.24) is 34.9 Å². The van der Waals surface area contributed by atoms with Crippen LogP contribution in [0.15, 0.2) is 30.3 Å². The average Bonchev–Trinajstić information content (AvgIpc) is 3.17. The Morgan fingerprint density at radius 3 is 2.62 bits per heavy atom. The molecular formula is C20H31N7O2. The van der Waals surface area contributed by atoms with E-state index in [1.54, 1.807) is 4.68 Å². The maximum absolute atomic E-state index is 13.0. The number of carbonyl (C=O) groups is 1. The number of hydrogen-bond acceptors (Lipinski definition) is 7. The monoisotopic (exact) mass is 401 g/mol. The molecule has 1 fully saturated rings. The number of likely N-dealkylation sites (N-methyl/N-ethyl adjacent to an activating group) is 1. The molecule has 0 N–H and O–H groups in total. The van der Waals surface area contributed by atoms with Crippen LogP contribution >= 0.6 is 0 Å². The third kappa shape index (κ3) is 6.88. The summed E-state index contributed by atoms with van der Waals surface area (Å²) in [5.74, 6) is 0.908. The lowest BCUT2D eigenvalue weighted by Gasteiger charge is -2.26. The molecule has 0 aliphatic carbocycles. The summed E-state index contributed by atoms with van der Waals surface area (Å²) in [6.45, 7) is 6.52. The maximum Gasteiger partial charge on any atom is 0.224 e. The van der Waals surface area contributed by atoms with Crippen LogP contribution in [0.5, 0.6) is 0 Å². The highest BCUT2D eigenvalue weighted by atomic mass is 16.5. The molecule has 2 heterocycles. The van der Waals surface area contributed by atoms with Gasteiger partial charge in [0, 0.05) is 39.1 Å². The van der Waals surface area contributed by atoms with Crippen molar-refractivity contribution >= 4 is 5.91 Å². The van der Waals surface area contributed by atoms with Crippen molar-refractivity contribution in [1.29, 1.82) is 0 Å². The first-order chi connectivity index (χ1) is 14.1. The summed E-state index contributed by atoms with van der Waals surface area (Å²) in [5, 5.41) is 12.0. The summed E-state index contributed by atoms with van der Waals surface area (Å²) in [4.78, 5) is 19.2. The number of hydrogen-bond donors (Lipinski definition) is 0. The largest absolute Gasteiger partial charge is 0.379 e. The van der Waals surface area contributed by atoms with Gasteiger partial charge in [0.15, 0.2) is 5.82 Å². The van der Waals surface area contributed by atoms with Crippen LogP contribution in [0, 0.1) is 0 Å². The highest BCUT2D eigenvalue weighted by Gasteiger charge is 2.18. The number of tetrazole rings is 1. The van der Waals surface area contributed by atoms with E-state index in [-0.39, 0.29) is 5.91 Å². The minimum absolute atomic E-state index is 0.114. The van der Waals surface area contributed by atoms with Crippen molar-refractivity contribution in [2.45, 2.75) is 26.1 Å². The predicted octanol–water partition coefficient (Wildman–Crippen LogP) is 0.486. The van der Waals surface area contributed by atoms with Crippen LogP contribution in [0.4, 0.5) is 0 Å². The molecule has 0 spiro atoms. The number of carbonyl (C=O) groups excluding carboxylic acids is 1. The Labute approximate surface area is 172 Å². The van der Waals surface area contributed by atoms with E-state index in [9.17, 15) is 4.79 Å². The number of amides is 1. The van der Waals surface area contributed by atoms with Crippen LogP contribution in [0.3, 0.4) is 0 Å². The molecule has 0 radical (unpaired) electrons. The molecule has 1 aliphatic heterocycles. The standard InChI is InChI=1S/C20H31N7O2/c1-24(2)10-11-26(16-18-6-4-3-5-7-18)20(28)8-9-27-19(21-22-23-27)17-25-12-14-29-15-13-25/h3-7H,8-17H2,1-2H3. The van der Waals surface area contributed by atoms with Gasteiger partial charge in [-0.1, -0.05) is 30.3 Å². The van der Waals surface area contributed by atoms with Crippen molar-refractivity contribution in [3.8, 4) is 0 Å². The first-order valence-corrected chi connectivity index (χ1v) is 10.1. The molecule has 9 heteroatoms. The summed E-state index contributed by atoms with van der Waals surface area (Å²) in [7, 11) is 4.04. The fourth-order valence-corrected chi connectivity index (χ4v) is 3.25. The van der Waals surface area contributed by atoms with E-state index < -0.39 is 0 Å². The Kier molecular flexibility index (Phi) is 8.09. The number of nitrogens with zero attached hydrogens (tertiary/aromatic N) is 7. The van der Waals surface area contributed by atoms with Gasteiger partial charge in [0.25, 0.3) is 0 Å². The van der Waals surface area contributed by atoms with Crippen molar-refractivity contribution in [3.05, 3.63) is 41.7 Å². The Bertz CT molecular complexity index is 744. The van der Waals surface area contributed by atoms with Crippen LogP contribution in [-0.2, 0) is 29.2 Å². The summed E-state index contributed by atoms with van der Waals surface area (Å²) in [6, 6.07) is 10.1. The molecular weight excluding hydrogens is 370 g/mol. The first kappa shape index (κ1) is 21.4. The molecule has 3 rings (SSSR count). The molecule has 9 nitrogen and oxygen atoms in total. The zero-order valence-corrected chi connectivity index (χ0v) is 17.4. The number of aromatic nitrogens is 4. The Morgan fingerprint density at radius 1 is 1.14 bits per heavy atom. The topological polar surface area (TPSA) is 79.6 Å². The second-order valence-electron chi connectivity index (χ2n) is 7.56. The second kappa shape index (κ2) is 11.0. The third-order valence-corrected chi connectivity index (χ3v) is 5.00. The minimum Gasteiger partial charge on any atom is -0.379 e. The fourth-order valence-electron chi connectivity index (χ4n) is 3.25. The zero-order chi connectivity index (χ0) is 20.5. The van der Waals surface area contributed by atoms with Gasteiger partial charge in [-0.15, -0.1) is 5.10 Å². The van der Waals surface area contributed by atoms with Gasteiger partial charge in [0.05, 0.1) is 26.3 Å². The lowest BCUT2D eigenvalue weighted by Crippen LogP contribution is -2.37. The Hall–Kier alpha value is -2.36. The molecule has 158 valence electrons. The number of ether oxygens (including phenoxy) is 1. The summed E-state index contributed by atoms with van der Waals surface area (Å²) < 4.78 is 7.14. The molecule has 0 unspecified atom stereocenters. The van der Waals surface area contributed by atoms with Gasteiger partial charge >= 0.3 is 0 Å². The van der Waals surface area contributed by atoms with Crippen molar-refractivity contribution in [3.63, 3.8) is 0 Å². The van der Waals surface area contributed by atoms with E-state index in [2.05, 4.69) is 37.5 Å². The number of aryl methyl sites for hydroxylation is 1. The van der Waals surface area contributed by atoms with Crippen LogP contribution < -0.4 is 0 Å². The van der Waals surface area contributed by atoms with Crippen LogP contribution in [0.2, 0.25) is 0 Å². The molecule has 0 bridgehead atoms. The van der Waals surface area contributed by atoms with Gasteiger partial charge < -0.3 is 14.5 Å². The highest BCUT2D eigenvalue weighted by molar-refractivity contribution is 5.76. The lowest BCUT2D eigenvalue weighted by molar-refractivity contribution is -0.132. The number of benzene rings is 1. The number of morpholine rings is 1. The van der Waals surface area contributed by atoms with Crippen LogP contribution in [0.1, 0.15) is 17.8 Å².